The smallest absolute Gasteiger partial charge is 0.404 e. The van der Waals surface area contributed by atoms with Gasteiger partial charge in [-0.15, -0.1) is 11.8 Å². The second kappa shape index (κ2) is 7.33. The Labute approximate surface area is 130 Å². The number of rotatable bonds is 7. The van der Waals surface area contributed by atoms with Crippen LogP contribution in [0, 0.1) is 0 Å². The molecule has 0 radical (unpaired) electrons. The molecule has 0 aromatic rings. The van der Waals surface area contributed by atoms with Gasteiger partial charge in [-0.05, 0) is 7.05 Å². The fourth-order valence-corrected chi connectivity index (χ4v) is 3.28. The lowest BCUT2D eigenvalue weighted by Crippen LogP contribution is -2.67. The number of thioether (sulfide) groups is 1. The molecule has 10 nitrogen and oxygen atoms in total. The molecule has 0 saturated heterocycles. The van der Waals surface area contributed by atoms with Gasteiger partial charge in [0.2, 0.25) is 5.72 Å². The number of carboxylic acid groups (broad SMARTS) is 1. The lowest BCUT2D eigenvalue weighted by atomic mass is 10.1. The van der Waals surface area contributed by atoms with Crippen LogP contribution in [0.1, 0.15) is 0 Å². The summed E-state index contributed by atoms with van der Waals surface area (Å²) in [5, 5.41) is 15.7. The van der Waals surface area contributed by atoms with E-state index in [0.717, 1.165) is 11.8 Å². The van der Waals surface area contributed by atoms with Crippen LogP contribution in [0.2, 0.25) is 0 Å². The molecule has 1 rings (SSSR count). The minimum atomic E-state index is -1.62. The molecule has 1 aliphatic heterocycles. The first-order chi connectivity index (χ1) is 10.3. The van der Waals surface area contributed by atoms with E-state index in [2.05, 4.69) is 15.4 Å². The first kappa shape index (κ1) is 18.1. The van der Waals surface area contributed by atoms with Gasteiger partial charge in [-0.25, -0.2) is 4.79 Å². The second-order valence-corrected chi connectivity index (χ2v) is 5.36. The molecule has 0 fully saturated rings. The molecule has 6 N–H and O–H groups in total. The van der Waals surface area contributed by atoms with E-state index < -0.39 is 29.1 Å². The molecule has 2 amide bonds. The Hall–Kier alpha value is -1.98. The summed E-state index contributed by atoms with van der Waals surface area (Å²) >= 11 is 1.15. The van der Waals surface area contributed by atoms with Crippen molar-refractivity contribution in [1.82, 2.24) is 10.6 Å². The number of carbonyl (C=O) groups is 3. The first-order valence-corrected chi connectivity index (χ1v) is 7.11. The van der Waals surface area contributed by atoms with Crippen LogP contribution in [0.3, 0.4) is 0 Å². The van der Waals surface area contributed by atoms with Gasteiger partial charge in [-0.1, -0.05) is 0 Å². The monoisotopic (exact) mass is 333 g/mol. The standard InChI is InChI=1S/C11H18N4O6S/c1-14-11(20-2,8(12)18)9-15-6(7(16)17)5(4-22-9)3-21-10(13)19/h9,14-15H,3-4H2,1-2H3,(H2,12,18)(H2,13,19)(H,16,17)/p-1. The number of hydrogen-bond acceptors (Lipinski definition) is 9. The highest BCUT2D eigenvalue weighted by Gasteiger charge is 2.46. The van der Waals surface area contributed by atoms with Gasteiger partial charge < -0.3 is 36.2 Å². The molecule has 1 aliphatic rings. The van der Waals surface area contributed by atoms with Crippen LogP contribution in [0.15, 0.2) is 11.3 Å². The maximum atomic E-state index is 11.7. The second-order valence-electron chi connectivity index (χ2n) is 4.26. The highest BCUT2D eigenvalue weighted by molar-refractivity contribution is 8.00. The quantitative estimate of drug-likeness (QED) is 0.350. The van der Waals surface area contributed by atoms with Crippen molar-refractivity contribution in [3.63, 3.8) is 0 Å². The lowest BCUT2D eigenvalue weighted by molar-refractivity contribution is -0.300. The van der Waals surface area contributed by atoms with Crippen LogP contribution in [-0.2, 0) is 19.1 Å². The van der Waals surface area contributed by atoms with E-state index in [4.69, 9.17) is 16.2 Å². The fourth-order valence-electron chi connectivity index (χ4n) is 1.92. The van der Waals surface area contributed by atoms with E-state index in [1.54, 1.807) is 0 Å². The summed E-state index contributed by atoms with van der Waals surface area (Å²) < 4.78 is 9.72. The maximum absolute atomic E-state index is 11.7. The molecule has 11 heteroatoms. The van der Waals surface area contributed by atoms with Crippen molar-refractivity contribution in [1.29, 1.82) is 0 Å². The Morgan fingerprint density at radius 2 is 2.14 bits per heavy atom. The number of amides is 2. The Balaban J connectivity index is 3.06. The van der Waals surface area contributed by atoms with Crippen LogP contribution >= 0.6 is 11.8 Å². The minimum Gasteiger partial charge on any atom is -0.543 e. The summed E-state index contributed by atoms with van der Waals surface area (Å²) in [6, 6.07) is 0. The van der Waals surface area contributed by atoms with Gasteiger partial charge in [0.15, 0.2) is 0 Å². The van der Waals surface area contributed by atoms with Crippen molar-refractivity contribution in [3.05, 3.63) is 11.3 Å². The summed E-state index contributed by atoms with van der Waals surface area (Å²) in [6.45, 7) is -0.304. The number of carbonyl (C=O) groups excluding carboxylic acids is 3. The molecule has 0 spiro atoms. The van der Waals surface area contributed by atoms with Gasteiger partial charge in [-0.3, -0.25) is 10.1 Å². The Morgan fingerprint density at radius 3 is 2.55 bits per heavy atom. The molecule has 22 heavy (non-hydrogen) atoms. The van der Waals surface area contributed by atoms with Gasteiger partial charge in [-0.2, -0.15) is 0 Å². The lowest BCUT2D eigenvalue weighted by Gasteiger charge is -2.40. The highest BCUT2D eigenvalue weighted by Crippen LogP contribution is 2.30. The summed E-state index contributed by atoms with van der Waals surface area (Å²) in [5.41, 5.74) is 8.51. The third-order valence-corrected chi connectivity index (χ3v) is 4.37. The summed E-state index contributed by atoms with van der Waals surface area (Å²) in [7, 11) is 2.71. The zero-order chi connectivity index (χ0) is 16.9. The fraction of sp³-hybridized carbons (Fsp3) is 0.545. The van der Waals surface area contributed by atoms with Crippen molar-refractivity contribution in [2.45, 2.75) is 11.1 Å². The van der Waals surface area contributed by atoms with Crippen molar-refractivity contribution < 1.29 is 29.0 Å². The van der Waals surface area contributed by atoms with Gasteiger partial charge >= 0.3 is 6.09 Å². The molecule has 0 saturated carbocycles. The zero-order valence-electron chi connectivity index (χ0n) is 12.0. The van der Waals surface area contributed by atoms with Gasteiger partial charge in [0.05, 0.1) is 11.7 Å². The van der Waals surface area contributed by atoms with Crippen LogP contribution < -0.4 is 27.2 Å². The number of carboxylic acids is 1. The van der Waals surface area contributed by atoms with E-state index in [-0.39, 0.29) is 23.6 Å². The summed E-state index contributed by atoms with van der Waals surface area (Å²) in [4.78, 5) is 33.5. The normalized spacial score (nSPS) is 20.7. The third-order valence-electron chi connectivity index (χ3n) is 3.07. The number of ether oxygens (including phenoxy) is 2. The SMILES string of the molecule is CNC(OC)(C(N)=O)C1NC(C(=O)[O-])=C(COC(N)=O)CS1. The molecule has 2 unspecified atom stereocenters. The van der Waals surface area contributed by atoms with E-state index in [9.17, 15) is 19.5 Å². The van der Waals surface area contributed by atoms with E-state index in [0.29, 0.717) is 0 Å². The van der Waals surface area contributed by atoms with Crippen molar-refractivity contribution in [2.24, 2.45) is 11.5 Å². The summed E-state index contributed by atoms with van der Waals surface area (Å²) in [5.74, 6) is -2.19. The van der Waals surface area contributed by atoms with Gasteiger partial charge in [0.25, 0.3) is 5.91 Å². The summed E-state index contributed by atoms with van der Waals surface area (Å²) in [6.07, 6.45) is -1.03. The molecule has 124 valence electrons. The number of primary amides is 2. The van der Waals surface area contributed by atoms with Gasteiger partial charge in [0, 0.05) is 18.4 Å². The average molecular weight is 333 g/mol. The van der Waals surface area contributed by atoms with E-state index in [1.165, 1.54) is 14.2 Å². The Kier molecular flexibility index (Phi) is 6.02. The predicted octanol–water partition coefficient (Wildman–Crippen LogP) is -3.20. The molecular formula is C11H17N4O6S-. The first-order valence-electron chi connectivity index (χ1n) is 6.06. The number of methoxy groups -OCH3 is 1. The minimum absolute atomic E-state index is 0.147. The van der Waals surface area contributed by atoms with Crippen molar-refractivity contribution >= 4 is 29.7 Å². The molecule has 0 aliphatic carbocycles. The molecule has 1 heterocycles. The van der Waals surface area contributed by atoms with Crippen LogP contribution in [0.25, 0.3) is 0 Å². The number of aliphatic carboxylic acids is 1. The third kappa shape index (κ3) is 3.61. The molecule has 0 bridgehead atoms. The molecule has 2 atom stereocenters. The van der Waals surface area contributed by atoms with Crippen LogP contribution in [0.4, 0.5) is 4.79 Å². The Bertz CT molecular complexity index is 505. The predicted molar refractivity (Wildman–Crippen MR) is 74.9 cm³/mol. The molecule has 0 aromatic heterocycles. The van der Waals surface area contributed by atoms with Crippen LogP contribution in [-0.4, -0.2) is 55.6 Å². The number of hydrogen-bond donors (Lipinski definition) is 4. The largest absolute Gasteiger partial charge is 0.543 e. The molecule has 0 aromatic carbocycles. The number of likely N-dealkylation sites (N-methyl/N-ethyl adjacent to an activating group) is 1. The highest BCUT2D eigenvalue weighted by atomic mass is 32.2. The van der Waals surface area contributed by atoms with Gasteiger partial charge in [0.1, 0.15) is 12.0 Å². The maximum Gasteiger partial charge on any atom is 0.404 e. The van der Waals surface area contributed by atoms with E-state index in [1.807, 2.05) is 0 Å². The van der Waals surface area contributed by atoms with Crippen LogP contribution in [0.5, 0.6) is 0 Å². The van der Waals surface area contributed by atoms with Crippen molar-refractivity contribution in [3.8, 4) is 0 Å². The Morgan fingerprint density at radius 1 is 1.50 bits per heavy atom. The zero-order valence-corrected chi connectivity index (χ0v) is 12.8. The number of nitrogens with two attached hydrogens (primary N) is 2. The topological polar surface area (TPSA) is 169 Å². The number of nitrogens with one attached hydrogen (secondary N) is 2. The van der Waals surface area contributed by atoms with E-state index >= 15 is 0 Å². The molecular weight excluding hydrogens is 316 g/mol. The average Bonchev–Trinajstić information content (AvgIpc) is 2.46. The van der Waals surface area contributed by atoms with Crippen molar-refractivity contribution in [2.75, 3.05) is 26.5 Å².